The van der Waals surface area contributed by atoms with Crippen molar-refractivity contribution in [2.75, 3.05) is 38.5 Å². The highest BCUT2D eigenvalue weighted by atomic mass is 35.5. The van der Waals surface area contributed by atoms with Crippen LogP contribution in [0.2, 0.25) is 5.02 Å². The number of quaternary nitrogens is 1. The van der Waals surface area contributed by atoms with Gasteiger partial charge in [-0.05, 0) is 48.5 Å². The van der Waals surface area contributed by atoms with Gasteiger partial charge in [-0.2, -0.15) is 4.31 Å². The summed E-state index contributed by atoms with van der Waals surface area (Å²) in [6.07, 6.45) is 0. The van der Waals surface area contributed by atoms with Crippen molar-refractivity contribution >= 4 is 33.2 Å². The summed E-state index contributed by atoms with van der Waals surface area (Å²) >= 11 is 5.81. The van der Waals surface area contributed by atoms with Crippen LogP contribution in [-0.2, 0) is 10.0 Å². The lowest BCUT2D eigenvalue weighted by molar-refractivity contribution is -0.883. The highest BCUT2D eigenvalue weighted by Crippen LogP contribution is 2.19. The standard InChI is InChI=1S/C18H20ClN3O3S/c1-21-10-12-22(13-11-21)26(24,25)17-8-6-16(7-9-17)20-18(23)14-2-4-15(19)5-3-14/h2-9H,10-13H2,1H3,(H,20,23)/p+1. The van der Waals surface area contributed by atoms with E-state index in [0.717, 1.165) is 13.1 Å². The average Bonchev–Trinajstić information content (AvgIpc) is 2.63. The van der Waals surface area contributed by atoms with E-state index in [2.05, 4.69) is 12.4 Å². The zero-order valence-electron chi connectivity index (χ0n) is 14.4. The number of halogens is 1. The molecule has 1 heterocycles. The number of amides is 1. The molecule has 6 nitrogen and oxygen atoms in total. The van der Waals surface area contributed by atoms with Gasteiger partial charge in [0, 0.05) is 16.3 Å². The number of hydrogen-bond acceptors (Lipinski definition) is 3. The maximum absolute atomic E-state index is 12.7. The minimum atomic E-state index is -3.49. The van der Waals surface area contributed by atoms with Gasteiger partial charge in [-0.15, -0.1) is 0 Å². The average molecular weight is 395 g/mol. The van der Waals surface area contributed by atoms with Gasteiger partial charge >= 0.3 is 0 Å². The maximum Gasteiger partial charge on any atom is 0.255 e. The number of piperazine rings is 1. The summed E-state index contributed by atoms with van der Waals surface area (Å²) in [4.78, 5) is 13.8. The van der Waals surface area contributed by atoms with Crippen molar-refractivity contribution in [1.29, 1.82) is 0 Å². The number of nitrogens with zero attached hydrogens (tertiary/aromatic N) is 1. The molecule has 0 saturated carbocycles. The van der Waals surface area contributed by atoms with E-state index < -0.39 is 10.0 Å². The number of nitrogens with one attached hydrogen (secondary N) is 2. The Hall–Kier alpha value is -1.93. The number of carbonyl (C=O) groups is 1. The van der Waals surface area contributed by atoms with Gasteiger partial charge < -0.3 is 10.2 Å². The Morgan fingerprint density at radius 3 is 2.19 bits per heavy atom. The van der Waals surface area contributed by atoms with Gasteiger partial charge in [-0.25, -0.2) is 8.42 Å². The number of anilines is 1. The molecule has 26 heavy (non-hydrogen) atoms. The van der Waals surface area contributed by atoms with Crippen LogP contribution in [0.3, 0.4) is 0 Å². The summed E-state index contributed by atoms with van der Waals surface area (Å²) in [6, 6.07) is 12.8. The predicted octanol–water partition coefficient (Wildman–Crippen LogP) is 1.11. The quantitative estimate of drug-likeness (QED) is 0.816. The molecular weight excluding hydrogens is 374 g/mol. The number of likely N-dealkylation sites (N-methyl/N-ethyl adjacent to an activating group) is 1. The van der Waals surface area contributed by atoms with E-state index in [1.54, 1.807) is 36.4 Å². The lowest BCUT2D eigenvalue weighted by Crippen LogP contribution is -3.12. The molecule has 2 N–H and O–H groups in total. The summed E-state index contributed by atoms with van der Waals surface area (Å²) in [5.74, 6) is -0.278. The smallest absolute Gasteiger partial charge is 0.255 e. The van der Waals surface area contributed by atoms with E-state index in [0.29, 0.717) is 29.4 Å². The van der Waals surface area contributed by atoms with Crippen molar-refractivity contribution in [3.05, 3.63) is 59.1 Å². The Bertz CT molecular complexity index is 875. The zero-order valence-corrected chi connectivity index (χ0v) is 16.0. The summed E-state index contributed by atoms with van der Waals surface area (Å²) in [5.41, 5.74) is 1.01. The number of carbonyl (C=O) groups excluding carboxylic acids is 1. The fourth-order valence-electron chi connectivity index (χ4n) is 2.77. The molecule has 1 saturated heterocycles. The summed E-state index contributed by atoms with van der Waals surface area (Å²) in [7, 11) is -1.44. The van der Waals surface area contributed by atoms with Crippen molar-refractivity contribution in [3.63, 3.8) is 0 Å². The Morgan fingerprint density at radius 2 is 1.62 bits per heavy atom. The molecule has 2 aromatic carbocycles. The SMILES string of the molecule is C[NH+]1CCN(S(=O)(=O)c2ccc(NC(=O)c3ccc(Cl)cc3)cc2)CC1. The third-order valence-corrected chi connectivity index (χ3v) is 6.60. The Kier molecular flexibility index (Phi) is 5.62. The van der Waals surface area contributed by atoms with Crippen molar-refractivity contribution in [2.24, 2.45) is 0 Å². The summed E-state index contributed by atoms with van der Waals surface area (Å²) in [6.45, 7) is 2.63. The number of sulfonamides is 1. The van der Waals surface area contributed by atoms with Gasteiger partial charge in [0.1, 0.15) is 0 Å². The van der Waals surface area contributed by atoms with Gasteiger partial charge in [0.15, 0.2) is 0 Å². The van der Waals surface area contributed by atoms with Crippen LogP contribution in [0.1, 0.15) is 10.4 Å². The molecule has 8 heteroatoms. The highest BCUT2D eigenvalue weighted by molar-refractivity contribution is 7.89. The molecule has 1 aliphatic heterocycles. The topological polar surface area (TPSA) is 70.9 Å². The van der Waals surface area contributed by atoms with E-state index in [1.807, 2.05) is 0 Å². The Morgan fingerprint density at radius 1 is 1.04 bits per heavy atom. The fraction of sp³-hybridized carbons (Fsp3) is 0.278. The van der Waals surface area contributed by atoms with Gasteiger partial charge in [0.2, 0.25) is 10.0 Å². The third-order valence-electron chi connectivity index (χ3n) is 4.43. The van der Waals surface area contributed by atoms with E-state index in [4.69, 9.17) is 11.6 Å². The third kappa shape index (κ3) is 4.24. The first-order chi connectivity index (χ1) is 12.4. The molecule has 0 aliphatic carbocycles. The summed E-state index contributed by atoms with van der Waals surface area (Å²) in [5, 5.41) is 3.30. The Balaban J connectivity index is 1.70. The van der Waals surface area contributed by atoms with Crippen molar-refractivity contribution in [3.8, 4) is 0 Å². The molecule has 1 amide bonds. The van der Waals surface area contributed by atoms with Crippen LogP contribution in [0, 0.1) is 0 Å². The molecule has 1 aliphatic rings. The zero-order chi connectivity index (χ0) is 18.7. The van der Waals surface area contributed by atoms with Crippen molar-refractivity contribution in [1.82, 2.24) is 4.31 Å². The van der Waals surface area contributed by atoms with Crippen molar-refractivity contribution < 1.29 is 18.1 Å². The van der Waals surface area contributed by atoms with Crippen LogP contribution in [0.15, 0.2) is 53.4 Å². The molecular formula is C18H21ClN3O3S+. The number of rotatable bonds is 4. The van der Waals surface area contributed by atoms with E-state index in [9.17, 15) is 13.2 Å². The second kappa shape index (κ2) is 7.75. The second-order valence-electron chi connectivity index (χ2n) is 6.35. The maximum atomic E-state index is 12.7. The van der Waals surface area contributed by atoms with Gasteiger partial charge in [0.25, 0.3) is 5.91 Å². The first kappa shape index (κ1) is 18.8. The molecule has 0 radical (unpaired) electrons. The number of benzene rings is 2. The van der Waals surface area contributed by atoms with Crippen molar-refractivity contribution in [2.45, 2.75) is 4.90 Å². The van der Waals surface area contributed by atoms with Gasteiger partial charge in [-0.3, -0.25) is 4.79 Å². The van der Waals surface area contributed by atoms with Crippen LogP contribution < -0.4 is 10.2 Å². The largest absolute Gasteiger partial charge is 0.335 e. The molecule has 2 aromatic rings. The fourth-order valence-corrected chi connectivity index (χ4v) is 4.34. The molecule has 0 atom stereocenters. The monoisotopic (exact) mass is 394 g/mol. The van der Waals surface area contributed by atoms with Crippen LogP contribution in [-0.4, -0.2) is 51.9 Å². The molecule has 0 spiro atoms. The minimum Gasteiger partial charge on any atom is -0.335 e. The van der Waals surface area contributed by atoms with Gasteiger partial charge in [0.05, 0.1) is 38.1 Å². The molecule has 138 valence electrons. The lowest BCUT2D eigenvalue weighted by atomic mass is 10.2. The van der Waals surface area contributed by atoms with Crippen LogP contribution >= 0.6 is 11.6 Å². The summed E-state index contributed by atoms with van der Waals surface area (Å²) < 4.78 is 26.9. The normalized spacial score (nSPS) is 16.4. The van der Waals surface area contributed by atoms with E-state index in [-0.39, 0.29) is 10.8 Å². The second-order valence-corrected chi connectivity index (χ2v) is 8.72. The molecule has 1 fully saturated rings. The Labute approximate surface area is 158 Å². The predicted molar refractivity (Wildman–Crippen MR) is 101 cm³/mol. The first-order valence-corrected chi connectivity index (χ1v) is 10.2. The molecule has 3 rings (SSSR count). The van der Waals surface area contributed by atoms with Crippen LogP contribution in [0.5, 0.6) is 0 Å². The van der Waals surface area contributed by atoms with E-state index >= 15 is 0 Å². The molecule has 0 unspecified atom stereocenters. The molecule has 0 bridgehead atoms. The lowest BCUT2D eigenvalue weighted by Gasteiger charge is -2.29. The van der Waals surface area contributed by atoms with Crippen LogP contribution in [0.4, 0.5) is 5.69 Å². The van der Waals surface area contributed by atoms with E-state index in [1.165, 1.54) is 21.3 Å². The highest BCUT2D eigenvalue weighted by Gasteiger charge is 2.28. The first-order valence-electron chi connectivity index (χ1n) is 8.35. The molecule has 0 aromatic heterocycles. The minimum absolute atomic E-state index is 0.238. The van der Waals surface area contributed by atoms with Crippen LogP contribution in [0.25, 0.3) is 0 Å². The van der Waals surface area contributed by atoms with Gasteiger partial charge in [-0.1, -0.05) is 11.6 Å². The number of hydrogen-bond donors (Lipinski definition) is 2.